The maximum atomic E-state index is 13.0. The smallest absolute Gasteiger partial charge is 0.284 e. The first kappa shape index (κ1) is 23.9. The fourth-order valence-electron chi connectivity index (χ4n) is 4.58. The van der Waals surface area contributed by atoms with Gasteiger partial charge in [0.05, 0.1) is 14.7 Å². The Kier molecular flexibility index (Phi) is 7.50. The van der Waals surface area contributed by atoms with E-state index in [4.69, 9.17) is 0 Å². The standard InChI is InChI=1S/C22H29N5O4S2/c1-2-13-26-21(17-9-5-3-6-10-17)23-24-22(26)32-20-12-11-18(16-19(20)27(28)29)33(30,31)25-14-7-4-8-15-25/h2,11-12,16-17H,1,3-10,13-15H2. The summed E-state index contributed by atoms with van der Waals surface area (Å²) in [7, 11) is -3.76. The molecular weight excluding hydrogens is 462 g/mol. The number of hydrogen-bond donors (Lipinski definition) is 0. The minimum absolute atomic E-state index is 0.0455. The van der Waals surface area contributed by atoms with Gasteiger partial charge >= 0.3 is 0 Å². The summed E-state index contributed by atoms with van der Waals surface area (Å²) in [5.74, 6) is 1.22. The highest BCUT2D eigenvalue weighted by atomic mass is 32.2. The Hall–Kier alpha value is -2.24. The second-order valence-corrected chi connectivity index (χ2v) is 11.5. The molecule has 178 valence electrons. The van der Waals surface area contributed by atoms with Gasteiger partial charge in [0.1, 0.15) is 5.82 Å². The van der Waals surface area contributed by atoms with Crippen LogP contribution in [-0.2, 0) is 16.6 Å². The van der Waals surface area contributed by atoms with E-state index in [2.05, 4.69) is 16.8 Å². The summed E-state index contributed by atoms with van der Waals surface area (Å²) in [6, 6.07) is 4.13. The van der Waals surface area contributed by atoms with E-state index in [1.165, 1.54) is 28.9 Å². The van der Waals surface area contributed by atoms with Crippen LogP contribution in [0.3, 0.4) is 0 Å². The SMILES string of the molecule is C=CCn1c(Sc2ccc(S(=O)(=O)N3CCCCC3)cc2[N+](=O)[O-])nnc1C1CCCCC1. The van der Waals surface area contributed by atoms with Crippen LogP contribution >= 0.6 is 11.8 Å². The molecule has 2 aromatic rings. The number of piperidine rings is 1. The van der Waals surface area contributed by atoms with Gasteiger partial charge in [-0.05, 0) is 49.6 Å². The number of rotatable bonds is 8. The van der Waals surface area contributed by atoms with Crippen molar-refractivity contribution in [2.75, 3.05) is 13.1 Å². The summed E-state index contributed by atoms with van der Waals surface area (Å²) in [6.07, 6.45) is 10.0. The first-order chi connectivity index (χ1) is 15.9. The molecule has 0 N–H and O–H groups in total. The minimum atomic E-state index is -3.76. The summed E-state index contributed by atoms with van der Waals surface area (Å²) < 4.78 is 29.4. The molecule has 4 rings (SSSR count). The molecule has 33 heavy (non-hydrogen) atoms. The lowest BCUT2D eigenvalue weighted by Crippen LogP contribution is -2.35. The highest BCUT2D eigenvalue weighted by Crippen LogP contribution is 2.38. The fourth-order valence-corrected chi connectivity index (χ4v) is 7.05. The number of sulfonamides is 1. The second-order valence-electron chi connectivity index (χ2n) is 8.53. The predicted molar refractivity (Wildman–Crippen MR) is 126 cm³/mol. The van der Waals surface area contributed by atoms with E-state index in [-0.39, 0.29) is 10.6 Å². The monoisotopic (exact) mass is 491 g/mol. The number of nitrogens with zero attached hydrogens (tertiary/aromatic N) is 5. The molecule has 2 aliphatic rings. The number of nitro benzene ring substituents is 1. The molecule has 0 atom stereocenters. The van der Waals surface area contributed by atoms with Crippen molar-refractivity contribution < 1.29 is 13.3 Å². The van der Waals surface area contributed by atoms with Crippen LogP contribution in [0.2, 0.25) is 0 Å². The van der Waals surface area contributed by atoms with Crippen molar-refractivity contribution in [1.82, 2.24) is 19.1 Å². The summed E-state index contributed by atoms with van der Waals surface area (Å²) in [5, 5.41) is 21.2. The summed E-state index contributed by atoms with van der Waals surface area (Å²) in [5.41, 5.74) is -0.245. The van der Waals surface area contributed by atoms with Crippen LogP contribution < -0.4 is 0 Å². The lowest BCUT2D eigenvalue weighted by atomic mass is 9.89. The van der Waals surface area contributed by atoms with Gasteiger partial charge in [-0.1, -0.05) is 31.8 Å². The maximum absolute atomic E-state index is 13.0. The van der Waals surface area contributed by atoms with Gasteiger partial charge in [-0.15, -0.1) is 16.8 Å². The van der Waals surface area contributed by atoms with Gasteiger partial charge in [-0.25, -0.2) is 8.42 Å². The number of allylic oxidation sites excluding steroid dienone is 1. The highest BCUT2D eigenvalue weighted by Gasteiger charge is 2.30. The zero-order valence-corrected chi connectivity index (χ0v) is 20.2. The van der Waals surface area contributed by atoms with Gasteiger partial charge in [0.25, 0.3) is 5.69 Å². The lowest BCUT2D eigenvalue weighted by molar-refractivity contribution is -0.388. The molecule has 2 heterocycles. The molecular formula is C22H29N5O4S2. The van der Waals surface area contributed by atoms with Crippen molar-refractivity contribution in [2.24, 2.45) is 0 Å². The van der Waals surface area contributed by atoms with E-state index in [1.807, 2.05) is 4.57 Å². The third-order valence-corrected chi connectivity index (χ3v) is 9.25. The van der Waals surface area contributed by atoms with Crippen molar-refractivity contribution >= 4 is 27.5 Å². The van der Waals surface area contributed by atoms with E-state index < -0.39 is 14.9 Å². The number of hydrogen-bond acceptors (Lipinski definition) is 7. The lowest BCUT2D eigenvalue weighted by Gasteiger charge is -2.25. The second kappa shape index (κ2) is 10.4. The third kappa shape index (κ3) is 5.15. The Bertz CT molecular complexity index is 1120. The Morgan fingerprint density at radius 3 is 2.48 bits per heavy atom. The molecule has 1 saturated heterocycles. The molecule has 1 aliphatic heterocycles. The first-order valence-electron chi connectivity index (χ1n) is 11.4. The van der Waals surface area contributed by atoms with Crippen LogP contribution in [0.15, 0.2) is 45.8 Å². The maximum Gasteiger partial charge on any atom is 0.284 e. The van der Waals surface area contributed by atoms with E-state index in [0.717, 1.165) is 62.5 Å². The van der Waals surface area contributed by atoms with Gasteiger partial charge < -0.3 is 4.57 Å². The Labute approximate surface area is 198 Å². The number of nitro groups is 1. The van der Waals surface area contributed by atoms with Crippen molar-refractivity contribution in [1.29, 1.82) is 0 Å². The third-order valence-electron chi connectivity index (χ3n) is 6.31. The van der Waals surface area contributed by atoms with Crippen LogP contribution in [0.1, 0.15) is 63.1 Å². The van der Waals surface area contributed by atoms with Crippen LogP contribution in [0, 0.1) is 10.1 Å². The first-order valence-corrected chi connectivity index (χ1v) is 13.7. The minimum Gasteiger partial charge on any atom is -0.302 e. The molecule has 1 aromatic carbocycles. The molecule has 0 amide bonds. The van der Waals surface area contributed by atoms with Gasteiger partial charge in [-0.3, -0.25) is 10.1 Å². The average Bonchev–Trinajstić information content (AvgIpc) is 3.22. The van der Waals surface area contributed by atoms with Crippen LogP contribution in [0.4, 0.5) is 5.69 Å². The van der Waals surface area contributed by atoms with E-state index in [0.29, 0.717) is 35.6 Å². The summed E-state index contributed by atoms with van der Waals surface area (Å²) in [6.45, 7) is 5.24. The van der Waals surface area contributed by atoms with E-state index in [1.54, 1.807) is 6.08 Å². The highest BCUT2D eigenvalue weighted by molar-refractivity contribution is 7.99. The van der Waals surface area contributed by atoms with Crippen LogP contribution in [0.5, 0.6) is 0 Å². The summed E-state index contributed by atoms with van der Waals surface area (Å²) >= 11 is 1.14. The molecule has 1 aliphatic carbocycles. The molecule has 0 bridgehead atoms. The molecule has 1 aromatic heterocycles. The zero-order chi connectivity index (χ0) is 23.4. The van der Waals surface area contributed by atoms with Gasteiger partial charge in [0, 0.05) is 31.6 Å². The number of aromatic nitrogens is 3. The van der Waals surface area contributed by atoms with Gasteiger partial charge in [-0.2, -0.15) is 4.31 Å². The van der Waals surface area contributed by atoms with Crippen molar-refractivity contribution in [2.45, 2.75) is 78.8 Å². The molecule has 2 fully saturated rings. The largest absolute Gasteiger partial charge is 0.302 e. The molecule has 11 heteroatoms. The molecule has 9 nitrogen and oxygen atoms in total. The Morgan fingerprint density at radius 1 is 1.12 bits per heavy atom. The van der Waals surface area contributed by atoms with Crippen molar-refractivity contribution in [3.8, 4) is 0 Å². The molecule has 0 radical (unpaired) electrons. The molecule has 1 saturated carbocycles. The van der Waals surface area contributed by atoms with Crippen molar-refractivity contribution in [3.05, 3.63) is 46.8 Å². The molecule has 0 unspecified atom stereocenters. The fraction of sp³-hybridized carbons (Fsp3) is 0.545. The van der Waals surface area contributed by atoms with Gasteiger partial charge in [0.2, 0.25) is 10.0 Å². The Balaban J connectivity index is 1.65. The van der Waals surface area contributed by atoms with E-state index in [9.17, 15) is 18.5 Å². The quantitative estimate of drug-likeness (QED) is 0.298. The van der Waals surface area contributed by atoms with E-state index >= 15 is 0 Å². The van der Waals surface area contributed by atoms with Gasteiger partial charge in [0.15, 0.2) is 5.16 Å². The van der Waals surface area contributed by atoms with Crippen LogP contribution in [0.25, 0.3) is 0 Å². The number of benzene rings is 1. The van der Waals surface area contributed by atoms with Crippen LogP contribution in [-0.4, -0.2) is 45.5 Å². The summed E-state index contributed by atoms with van der Waals surface area (Å²) in [4.78, 5) is 11.6. The Morgan fingerprint density at radius 2 is 1.82 bits per heavy atom. The average molecular weight is 492 g/mol. The van der Waals surface area contributed by atoms with Crippen molar-refractivity contribution in [3.63, 3.8) is 0 Å². The molecule has 0 spiro atoms. The zero-order valence-electron chi connectivity index (χ0n) is 18.6. The topological polar surface area (TPSA) is 111 Å². The predicted octanol–water partition coefficient (Wildman–Crippen LogP) is 4.75. The normalized spacial score (nSPS) is 18.3.